The average molecular weight is 889 g/mol. The van der Waals surface area contributed by atoms with Gasteiger partial charge in [-0.2, -0.15) is 9.75 Å². The summed E-state index contributed by atoms with van der Waals surface area (Å²) in [6.45, 7) is 0. The van der Waals surface area contributed by atoms with E-state index in [1.165, 1.54) is 22.7 Å². The molecule has 0 N–H and O–H groups in total. The van der Waals surface area contributed by atoms with E-state index in [9.17, 15) is 0 Å². The zero-order chi connectivity index (χ0) is 16.6. The van der Waals surface area contributed by atoms with Crippen molar-refractivity contribution in [2.75, 3.05) is 0 Å². The number of hydrogen-bond acceptors (Lipinski definition) is 2. The van der Waals surface area contributed by atoms with Gasteiger partial charge in [-0.3, -0.25) is 22.7 Å². The quantitative estimate of drug-likeness (QED) is 0.206. The van der Waals surface area contributed by atoms with Gasteiger partial charge in [0.25, 0.3) is 0 Å². The Morgan fingerprint density at radius 1 is 0.789 bits per heavy atom. The Morgan fingerprint density at radius 2 is 1.16 bits per heavy atom. The standard InChI is InChI=1S/C8H4I4P4S2.Y/c9-13-3-1-5(17-7(3)15-11)6-2-4(14-10)8(16-12)18-6;/h13-16H;/q-2;/i13D,14D,15D,16D;. The molecule has 0 fully saturated rings. The Labute approximate surface area is 210 Å². The maximum Gasteiger partial charge on any atom is 0.0719 e. The van der Waals surface area contributed by atoms with Crippen molar-refractivity contribution in [3.63, 3.8) is 0 Å². The minimum atomic E-state index is -1.06. The first-order chi connectivity index (χ1) is 10.2. The first-order valence-corrected chi connectivity index (χ1v) is 20.5. The van der Waals surface area contributed by atoms with E-state index in [0.29, 0.717) is 0 Å². The van der Waals surface area contributed by atoms with E-state index in [1.54, 1.807) is 0 Å². The van der Waals surface area contributed by atoms with Crippen LogP contribution in [0, 0.1) is 12.1 Å². The molecule has 4 unspecified atom stereocenters. The van der Waals surface area contributed by atoms with Crippen molar-refractivity contribution in [2.24, 2.45) is 0 Å². The zero-order valence-electron chi connectivity index (χ0n) is 12.7. The fourth-order valence-corrected chi connectivity index (χ4v) is 14.1. The second-order valence-electron chi connectivity index (χ2n) is 2.76. The predicted molar refractivity (Wildman–Crippen MR) is 133 cm³/mol. The van der Waals surface area contributed by atoms with Gasteiger partial charge in [0.2, 0.25) is 0 Å². The average Bonchev–Trinajstić information content (AvgIpc) is 3.02. The van der Waals surface area contributed by atoms with E-state index in [-0.39, 0.29) is 32.7 Å². The maximum atomic E-state index is 8.02. The van der Waals surface area contributed by atoms with Crippen molar-refractivity contribution in [2.45, 2.75) is 0 Å². The first-order valence-electron chi connectivity index (χ1n) is 5.93. The molecule has 11 heteroatoms. The van der Waals surface area contributed by atoms with Gasteiger partial charge >= 0.3 is 0 Å². The number of rotatable bonds is 5. The van der Waals surface area contributed by atoms with Gasteiger partial charge in [-0.05, 0) is 12.3 Å². The van der Waals surface area contributed by atoms with Crippen LogP contribution in [0.2, 0.25) is 0 Å². The molecule has 0 nitrogen and oxygen atoms in total. The first kappa shape index (κ1) is 16.3. The van der Waals surface area contributed by atoms with Crippen molar-refractivity contribution in [3.8, 4) is 9.75 Å². The molecule has 2 aromatic rings. The van der Waals surface area contributed by atoms with E-state index in [4.69, 9.17) is 5.11 Å². The minimum absolute atomic E-state index is 0. The fourth-order valence-electron chi connectivity index (χ4n) is 1.10. The molecule has 101 valence electrons. The van der Waals surface area contributed by atoms with Crippen LogP contribution in [0.3, 0.4) is 0 Å². The summed E-state index contributed by atoms with van der Waals surface area (Å²) in [6.07, 6.45) is -4.16. The van der Waals surface area contributed by atoms with Gasteiger partial charge in [0.05, 0.1) is 5.11 Å². The largest absolute Gasteiger partial charge is 0.296 e. The molecular formula is C8H4I4P4S2Y-2. The molecule has 4 atom stereocenters. The SMILES string of the molecule is [2H]P(I)c1[c-]c(-c2[c-]c(P([2H])I)c(P([2H])I)s2)sc1P([2H])I.[Y]. The molecule has 0 saturated heterocycles. The van der Waals surface area contributed by atoms with Crippen LogP contribution in [0.5, 0.6) is 0 Å². The van der Waals surface area contributed by atoms with E-state index >= 15 is 0 Å². The molecule has 0 amide bonds. The molecular weight excluding hydrogens is 881 g/mol. The Morgan fingerprint density at radius 3 is 1.37 bits per heavy atom. The van der Waals surface area contributed by atoms with Gasteiger partial charge in [0.1, 0.15) is 0 Å². The van der Waals surface area contributed by atoms with Gasteiger partial charge in [-0.15, -0.1) is 10.6 Å². The van der Waals surface area contributed by atoms with Crippen molar-refractivity contribution in [1.29, 1.82) is 5.11 Å². The summed E-state index contributed by atoms with van der Waals surface area (Å²) in [5.74, 6) is 0. The van der Waals surface area contributed by atoms with Crippen molar-refractivity contribution < 1.29 is 32.7 Å². The molecule has 0 aromatic carbocycles. The Hall–Kier alpha value is 5.14. The Kier molecular flexibility index (Phi) is 10.1. The third-order valence-electron chi connectivity index (χ3n) is 1.80. The summed E-state index contributed by atoms with van der Waals surface area (Å²) in [7, 11) is 0. The molecule has 2 heterocycles. The van der Waals surface area contributed by atoms with Crippen LogP contribution in [-0.2, 0) is 32.7 Å². The third kappa shape index (κ3) is 6.11. The smallest absolute Gasteiger partial charge is 0.0719 e. The molecule has 0 aliphatic rings. The Balaban J connectivity index is 0.00000264. The molecule has 2 rings (SSSR count). The van der Waals surface area contributed by atoms with Crippen LogP contribution in [0.1, 0.15) is 0 Å². The van der Waals surface area contributed by atoms with E-state index < -0.39 is 24.7 Å². The van der Waals surface area contributed by atoms with E-state index in [0.717, 1.165) is 29.6 Å². The zero-order valence-corrected chi connectivity index (χ0v) is 25.4. The van der Waals surface area contributed by atoms with E-state index in [1.807, 2.05) is 0 Å². The summed E-state index contributed by atoms with van der Waals surface area (Å²) >= 11 is 11.5. The molecule has 2 aromatic heterocycles. The van der Waals surface area contributed by atoms with Crippen LogP contribution in [0.15, 0.2) is 0 Å². The van der Waals surface area contributed by atoms with Gasteiger partial charge in [0.15, 0.2) is 0 Å². The summed E-state index contributed by atoms with van der Waals surface area (Å²) < 4.78 is 33.9. The van der Waals surface area contributed by atoms with Crippen molar-refractivity contribution in [3.05, 3.63) is 12.1 Å². The van der Waals surface area contributed by atoms with Crippen molar-refractivity contribution in [1.82, 2.24) is 0 Å². The van der Waals surface area contributed by atoms with Gasteiger partial charge in [0, 0.05) is 32.7 Å². The van der Waals surface area contributed by atoms with Gasteiger partial charge in [-0.25, -0.2) is 12.1 Å². The summed E-state index contributed by atoms with van der Waals surface area (Å²) in [5, 5.41) is 1.72. The van der Waals surface area contributed by atoms with Crippen LogP contribution in [-0.4, -0.2) is 5.11 Å². The summed E-state index contributed by atoms with van der Waals surface area (Å²) in [6, 6.07) is 6.61. The molecule has 0 spiro atoms. The molecule has 1 radical (unpaired) electrons. The van der Waals surface area contributed by atoms with Crippen LogP contribution < -0.4 is 19.8 Å². The second-order valence-corrected chi connectivity index (χ2v) is 13.7. The maximum absolute atomic E-state index is 8.02. The number of halogens is 4. The van der Waals surface area contributed by atoms with Crippen molar-refractivity contribution >= 4 is 155 Å². The molecule has 19 heavy (non-hydrogen) atoms. The summed E-state index contributed by atoms with van der Waals surface area (Å²) in [5.41, 5.74) is 0. The normalized spacial score (nSPS) is 20.2. The third-order valence-corrected chi connectivity index (χ3v) is 15.0. The molecule has 0 aliphatic heterocycles. The Bertz CT molecular complexity index is 561. The number of thiophene rings is 2. The van der Waals surface area contributed by atoms with Crippen LogP contribution in [0.25, 0.3) is 9.75 Å². The van der Waals surface area contributed by atoms with Crippen LogP contribution in [0.4, 0.5) is 0 Å². The monoisotopic (exact) mass is 888 g/mol. The second kappa shape index (κ2) is 11.7. The minimum Gasteiger partial charge on any atom is -0.296 e. The van der Waals surface area contributed by atoms with Gasteiger partial charge in [-0.1, -0.05) is 110 Å². The van der Waals surface area contributed by atoms with E-state index in [2.05, 4.69) is 100 Å². The molecule has 0 aliphatic carbocycles. The molecule has 0 bridgehead atoms. The summed E-state index contributed by atoms with van der Waals surface area (Å²) in [4.78, 5) is 1.83. The molecule has 0 saturated carbocycles. The fraction of sp³-hybridized carbons (Fsp3) is 0. The topological polar surface area (TPSA) is 0 Å². The number of hydrogen-bond donors (Lipinski definition) is 0. The van der Waals surface area contributed by atoms with Gasteiger partial charge < -0.3 is 0 Å². The predicted octanol–water partition coefficient (Wildman–Crippen LogP) is 5.69. The van der Waals surface area contributed by atoms with Crippen LogP contribution >= 0.6 is 136 Å².